The first-order valence-corrected chi connectivity index (χ1v) is 8.36. The van der Waals surface area contributed by atoms with Gasteiger partial charge in [0.1, 0.15) is 0 Å². The van der Waals surface area contributed by atoms with E-state index >= 15 is 0 Å². The van der Waals surface area contributed by atoms with Crippen molar-refractivity contribution in [2.45, 2.75) is 72.6 Å². The number of hydrogen-bond acceptors (Lipinski definition) is 1. The van der Waals surface area contributed by atoms with Crippen molar-refractivity contribution in [1.82, 2.24) is 0 Å². The molecule has 0 saturated heterocycles. The summed E-state index contributed by atoms with van der Waals surface area (Å²) < 4.78 is 0. The van der Waals surface area contributed by atoms with Gasteiger partial charge >= 0.3 is 0 Å². The Morgan fingerprint density at radius 2 is 1.95 bits per heavy atom. The van der Waals surface area contributed by atoms with Crippen molar-refractivity contribution in [3.63, 3.8) is 0 Å². The first-order chi connectivity index (χ1) is 9.49. The van der Waals surface area contributed by atoms with Gasteiger partial charge in [-0.15, -0.1) is 0 Å². The molecule has 0 aromatic heterocycles. The van der Waals surface area contributed by atoms with Crippen LogP contribution < -0.4 is 0 Å². The normalized spacial score (nSPS) is 25.2. The number of rotatable bonds is 8. The molecule has 0 aliphatic heterocycles. The van der Waals surface area contributed by atoms with Gasteiger partial charge in [-0.3, -0.25) is 4.79 Å². The van der Waals surface area contributed by atoms with Crippen LogP contribution in [0.2, 0.25) is 0 Å². The first-order valence-electron chi connectivity index (χ1n) is 8.36. The summed E-state index contributed by atoms with van der Waals surface area (Å²) in [6.07, 6.45) is 16.9. The first kappa shape index (κ1) is 17.2. The molecule has 0 radical (unpaired) electrons. The van der Waals surface area contributed by atoms with Crippen molar-refractivity contribution in [3.8, 4) is 0 Å². The highest BCUT2D eigenvalue weighted by Gasteiger charge is 2.38. The predicted molar refractivity (Wildman–Crippen MR) is 87.7 cm³/mol. The molecule has 0 spiro atoms. The van der Waals surface area contributed by atoms with Crippen LogP contribution in [-0.4, -0.2) is 5.78 Å². The fourth-order valence-corrected chi connectivity index (χ4v) is 3.35. The maximum atomic E-state index is 12.4. The summed E-state index contributed by atoms with van der Waals surface area (Å²) in [5.74, 6) is 0.824. The number of hydrogen-bond donors (Lipinski definition) is 0. The van der Waals surface area contributed by atoms with E-state index in [0.29, 0.717) is 11.7 Å². The lowest BCUT2D eigenvalue weighted by Gasteiger charge is -2.38. The molecule has 1 rings (SSSR count). The molecule has 0 heterocycles. The second-order valence-electron chi connectivity index (χ2n) is 6.97. The number of ketones is 1. The van der Waals surface area contributed by atoms with Gasteiger partial charge in [-0.05, 0) is 36.7 Å². The molecule has 1 aliphatic carbocycles. The standard InChI is InChI=1S/C19H32O/c1-5-6-7-8-9-10-11-14-17(20)18-16(2)13-12-15-19(18,3)4/h11-14,16,18H,5-10,15H2,1-4H3/b14-11+. The predicted octanol–water partition coefficient (Wildman–Crippen LogP) is 5.71. The molecule has 20 heavy (non-hydrogen) atoms. The molecule has 0 fully saturated rings. The SMILES string of the molecule is CCCCCCC/C=C/C(=O)C1C(C)C=CCC1(C)C. The lowest BCUT2D eigenvalue weighted by atomic mass is 9.65. The van der Waals surface area contributed by atoms with Gasteiger partial charge in [0.25, 0.3) is 0 Å². The summed E-state index contributed by atoms with van der Waals surface area (Å²) in [4.78, 5) is 12.4. The molecule has 0 aromatic carbocycles. The molecule has 1 nitrogen and oxygen atoms in total. The molecule has 0 N–H and O–H groups in total. The van der Waals surface area contributed by atoms with Crippen LogP contribution in [0.3, 0.4) is 0 Å². The molecule has 0 amide bonds. The highest BCUT2D eigenvalue weighted by atomic mass is 16.1. The lowest BCUT2D eigenvalue weighted by molar-refractivity contribution is -0.123. The molecule has 0 aromatic rings. The van der Waals surface area contributed by atoms with E-state index in [2.05, 4.69) is 45.9 Å². The zero-order chi connectivity index (χ0) is 15.0. The summed E-state index contributed by atoms with van der Waals surface area (Å²) in [5.41, 5.74) is 0.0940. The fourth-order valence-electron chi connectivity index (χ4n) is 3.35. The van der Waals surface area contributed by atoms with Gasteiger partial charge in [0.2, 0.25) is 0 Å². The minimum Gasteiger partial charge on any atom is -0.295 e. The molecular weight excluding hydrogens is 244 g/mol. The maximum absolute atomic E-state index is 12.4. The summed E-state index contributed by atoms with van der Waals surface area (Å²) in [6, 6.07) is 0. The molecule has 0 bridgehead atoms. The van der Waals surface area contributed by atoms with Crippen LogP contribution in [0, 0.1) is 17.3 Å². The number of allylic oxidation sites excluding steroid dienone is 4. The van der Waals surface area contributed by atoms with E-state index in [0.717, 1.165) is 12.8 Å². The Balaban J connectivity index is 2.39. The third-order valence-electron chi connectivity index (χ3n) is 4.51. The van der Waals surface area contributed by atoms with E-state index in [1.54, 1.807) is 0 Å². The van der Waals surface area contributed by atoms with Gasteiger partial charge in [0.05, 0.1) is 0 Å². The third kappa shape index (κ3) is 5.26. The van der Waals surface area contributed by atoms with Crippen molar-refractivity contribution in [3.05, 3.63) is 24.3 Å². The van der Waals surface area contributed by atoms with E-state index < -0.39 is 0 Å². The summed E-state index contributed by atoms with van der Waals surface area (Å²) >= 11 is 0. The van der Waals surface area contributed by atoms with Crippen LogP contribution >= 0.6 is 0 Å². The average molecular weight is 276 g/mol. The molecule has 1 heteroatoms. The van der Waals surface area contributed by atoms with Crippen molar-refractivity contribution >= 4 is 5.78 Å². The second kappa shape index (κ2) is 8.44. The van der Waals surface area contributed by atoms with Gasteiger partial charge in [0, 0.05) is 5.92 Å². The zero-order valence-corrected chi connectivity index (χ0v) is 13.8. The van der Waals surface area contributed by atoms with E-state index in [4.69, 9.17) is 0 Å². The summed E-state index contributed by atoms with van der Waals surface area (Å²) in [6.45, 7) is 8.83. The maximum Gasteiger partial charge on any atom is 0.159 e. The van der Waals surface area contributed by atoms with E-state index in [-0.39, 0.29) is 11.3 Å². The van der Waals surface area contributed by atoms with Crippen molar-refractivity contribution < 1.29 is 4.79 Å². The van der Waals surface area contributed by atoms with Crippen molar-refractivity contribution in [1.29, 1.82) is 0 Å². The highest BCUT2D eigenvalue weighted by Crippen LogP contribution is 2.41. The topological polar surface area (TPSA) is 17.1 Å². The quantitative estimate of drug-likeness (QED) is 0.315. The summed E-state index contributed by atoms with van der Waals surface area (Å²) in [7, 11) is 0. The molecule has 0 saturated carbocycles. The molecule has 2 unspecified atom stereocenters. The molecular formula is C19H32O. The lowest BCUT2D eigenvalue weighted by Crippen LogP contribution is -2.36. The minimum atomic E-state index is 0.0940. The smallest absolute Gasteiger partial charge is 0.159 e. The Kier molecular flexibility index (Phi) is 7.26. The molecule has 2 atom stereocenters. The molecule has 114 valence electrons. The Morgan fingerprint density at radius 3 is 2.60 bits per heavy atom. The highest BCUT2D eigenvalue weighted by molar-refractivity contribution is 5.92. The number of carbonyl (C=O) groups excluding carboxylic acids is 1. The van der Waals surface area contributed by atoms with Crippen LogP contribution in [0.1, 0.15) is 72.6 Å². The van der Waals surface area contributed by atoms with E-state index in [1.165, 1.54) is 32.1 Å². The van der Waals surface area contributed by atoms with Gasteiger partial charge in [0.15, 0.2) is 5.78 Å². The van der Waals surface area contributed by atoms with Crippen LogP contribution in [0.5, 0.6) is 0 Å². The van der Waals surface area contributed by atoms with Gasteiger partial charge in [-0.1, -0.05) is 71.6 Å². The van der Waals surface area contributed by atoms with E-state index in [1.807, 2.05) is 6.08 Å². The third-order valence-corrected chi connectivity index (χ3v) is 4.51. The van der Waals surface area contributed by atoms with E-state index in [9.17, 15) is 4.79 Å². The Hall–Kier alpha value is -0.850. The van der Waals surface area contributed by atoms with Gasteiger partial charge in [-0.2, -0.15) is 0 Å². The largest absolute Gasteiger partial charge is 0.295 e. The second-order valence-corrected chi connectivity index (χ2v) is 6.97. The van der Waals surface area contributed by atoms with Crippen molar-refractivity contribution in [2.24, 2.45) is 17.3 Å². The molecule has 1 aliphatic rings. The number of unbranched alkanes of at least 4 members (excludes halogenated alkanes) is 5. The van der Waals surface area contributed by atoms with Crippen LogP contribution in [0.15, 0.2) is 24.3 Å². The number of carbonyl (C=O) groups is 1. The van der Waals surface area contributed by atoms with Crippen LogP contribution in [0.25, 0.3) is 0 Å². The Bertz CT molecular complexity index is 349. The zero-order valence-electron chi connectivity index (χ0n) is 13.8. The Morgan fingerprint density at radius 1 is 1.25 bits per heavy atom. The Labute approximate surface area is 125 Å². The summed E-state index contributed by atoms with van der Waals surface area (Å²) in [5, 5.41) is 0. The average Bonchev–Trinajstić information content (AvgIpc) is 2.36. The fraction of sp³-hybridized carbons (Fsp3) is 0.737. The van der Waals surface area contributed by atoms with Gasteiger partial charge < -0.3 is 0 Å². The monoisotopic (exact) mass is 276 g/mol. The van der Waals surface area contributed by atoms with Crippen molar-refractivity contribution in [2.75, 3.05) is 0 Å². The van der Waals surface area contributed by atoms with Crippen LogP contribution in [0.4, 0.5) is 0 Å². The van der Waals surface area contributed by atoms with Gasteiger partial charge in [-0.25, -0.2) is 0 Å². The van der Waals surface area contributed by atoms with Crippen LogP contribution in [-0.2, 0) is 4.79 Å². The minimum absolute atomic E-state index is 0.0940.